The van der Waals surface area contributed by atoms with Gasteiger partial charge in [-0.05, 0) is 31.4 Å². The Hall–Kier alpha value is -3.03. The molecule has 13 nitrogen and oxygen atoms in total. The molecule has 0 bridgehead atoms. The Morgan fingerprint density at radius 2 is 1.44 bits per heavy atom. The molecule has 228 valence electrons. The van der Waals surface area contributed by atoms with Crippen molar-refractivity contribution >= 4 is 29.8 Å². The predicted molar refractivity (Wildman–Crippen MR) is 135 cm³/mol. The predicted octanol–water partition coefficient (Wildman–Crippen LogP) is 0.510. The van der Waals surface area contributed by atoms with Crippen LogP contribution in [-0.2, 0) is 52.4 Å². The van der Waals surface area contributed by atoms with E-state index in [1.165, 1.54) is 26.8 Å². The summed E-state index contributed by atoms with van der Waals surface area (Å²) >= 11 is 0. The number of hydrogen-bond acceptors (Lipinski definition) is 13. The van der Waals surface area contributed by atoms with Crippen molar-refractivity contribution in [2.45, 2.75) is 116 Å². The summed E-state index contributed by atoms with van der Waals surface area (Å²) < 4.78 is 34.9. The minimum Gasteiger partial charge on any atom is -0.462 e. The van der Waals surface area contributed by atoms with Crippen LogP contribution in [0.25, 0.3) is 0 Å². The summed E-state index contributed by atoms with van der Waals surface area (Å²) in [5, 5.41) is 22.7. The van der Waals surface area contributed by atoms with Gasteiger partial charge in [-0.1, -0.05) is 13.8 Å². The molecule has 5 unspecified atom stereocenters. The maximum Gasteiger partial charge on any atom is 0.342 e. The summed E-state index contributed by atoms with van der Waals surface area (Å²) in [4.78, 5) is 63.0. The fourth-order valence-corrected chi connectivity index (χ4v) is 7.31. The van der Waals surface area contributed by atoms with E-state index in [4.69, 9.17) is 28.4 Å². The van der Waals surface area contributed by atoms with E-state index in [0.29, 0.717) is 0 Å². The molecule has 1 saturated carbocycles. The molecule has 2 N–H and O–H groups in total. The summed E-state index contributed by atoms with van der Waals surface area (Å²) in [7, 11) is 0. The van der Waals surface area contributed by atoms with Crippen molar-refractivity contribution in [3.63, 3.8) is 0 Å². The molecule has 1 spiro atoms. The van der Waals surface area contributed by atoms with E-state index >= 15 is 0 Å². The number of hydrogen-bond donors (Lipinski definition) is 2. The maximum atomic E-state index is 13.1. The molecule has 2 aliphatic carbocycles. The number of fused-ring (bicyclic) bond motifs is 1. The van der Waals surface area contributed by atoms with Crippen molar-refractivity contribution < 1.29 is 62.6 Å². The topological polar surface area (TPSA) is 184 Å². The molecule has 12 atom stereocenters. The number of ether oxygens (including phenoxy) is 6. The third kappa shape index (κ3) is 4.71. The highest BCUT2D eigenvalue weighted by molar-refractivity contribution is 5.89. The average molecular weight is 583 g/mol. The van der Waals surface area contributed by atoms with Crippen LogP contribution in [0.5, 0.6) is 0 Å². The van der Waals surface area contributed by atoms with Gasteiger partial charge in [0.25, 0.3) is 0 Å². The maximum absolute atomic E-state index is 13.1. The molecule has 0 amide bonds. The molecule has 4 aliphatic rings. The molecular formula is C28H38O13. The molecule has 2 aliphatic heterocycles. The lowest BCUT2D eigenvalue weighted by molar-refractivity contribution is -0.244. The monoisotopic (exact) mass is 582 g/mol. The van der Waals surface area contributed by atoms with Gasteiger partial charge in [0.2, 0.25) is 0 Å². The van der Waals surface area contributed by atoms with E-state index in [-0.39, 0.29) is 12.0 Å². The molecule has 41 heavy (non-hydrogen) atoms. The van der Waals surface area contributed by atoms with Crippen LogP contribution < -0.4 is 0 Å². The lowest BCUT2D eigenvalue weighted by Crippen LogP contribution is -2.68. The largest absolute Gasteiger partial charge is 0.462 e. The number of aliphatic hydroxyl groups excluding tert-OH is 2. The Morgan fingerprint density at radius 3 is 1.95 bits per heavy atom. The summed E-state index contributed by atoms with van der Waals surface area (Å²) in [6.45, 7) is 10.9. The molecule has 2 heterocycles. The minimum atomic E-state index is -1.72. The zero-order chi connectivity index (χ0) is 30.8. The number of carbonyl (C=O) groups is 5. The molecule has 0 aromatic carbocycles. The van der Waals surface area contributed by atoms with E-state index in [9.17, 15) is 34.2 Å². The summed E-state index contributed by atoms with van der Waals surface area (Å²) in [5.74, 6) is -5.59. The minimum absolute atomic E-state index is 0.0968. The summed E-state index contributed by atoms with van der Waals surface area (Å²) in [6.07, 6.45) is -8.00. The van der Waals surface area contributed by atoms with Crippen LogP contribution >= 0.6 is 0 Å². The number of epoxide rings is 1. The standard InChI is InChI=1S/C28H38O13/c1-11-9-18(36-13(3)29)22(38-15(5)31)26(7)19(37-14(4)30)10-17(33)12(2)20(26)23(39-16(6)32)28-24(21(11)34)40-25(35)27(28,8)41-28/h9,12,17-24,33-34H,10H2,1-8H3/b11-9+/t12-,17-,18-,19?,20?,21?,22-,23-,24?,26-,27+,28?/m0/s1. The molecule has 2 saturated heterocycles. The van der Waals surface area contributed by atoms with Gasteiger partial charge in [-0.25, -0.2) is 4.79 Å². The third-order valence-electron chi connectivity index (χ3n) is 9.20. The Labute approximate surface area is 237 Å². The zero-order valence-corrected chi connectivity index (χ0v) is 24.4. The normalized spacial score (nSPS) is 46.2. The van der Waals surface area contributed by atoms with Gasteiger partial charge in [0, 0.05) is 40.0 Å². The van der Waals surface area contributed by atoms with Crippen molar-refractivity contribution in [3.05, 3.63) is 11.6 Å². The summed E-state index contributed by atoms with van der Waals surface area (Å²) in [5.41, 5.74) is -4.71. The van der Waals surface area contributed by atoms with E-state index in [1.54, 1.807) is 13.8 Å². The number of carbonyl (C=O) groups excluding carboxylic acids is 5. The highest BCUT2D eigenvalue weighted by Crippen LogP contribution is 2.66. The molecule has 3 fully saturated rings. The van der Waals surface area contributed by atoms with Crippen LogP contribution in [0.2, 0.25) is 0 Å². The van der Waals surface area contributed by atoms with Gasteiger partial charge in [0.1, 0.15) is 18.3 Å². The first-order valence-electron chi connectivity index (χ1n) is 13.6. The second kappa shape index (κ2) is 10.4. The molecular weight excluding hydrogens is 544 g/mol. The highest BCUT2D eigenvalue weighted by Gasteiger charge is 2.88. The quantitative estimate of drug-likeness (QED) is 0.202. The van der Waals surface area contributed by atoms with Crippen molar-refractivity contribution in [1.29, 1.82) is 0 Å². The second-order valence-corrected chi connectivity index (χ2v) is 11.9. The Balaban J connectivity index is 2.10. The highest BCUT2D eigenvalue weighted by atomic mass is 16.7. The second-order valence-electron chi connectivity index (χ2n) is 11.9. The van der Waals surface area contributed by atoms with Crippen LogP contribution in [0.4, 0.5) is 0 Å². The van der Waals surface area contributed by atoms with Crippen LogP contribution in [0.3, 0.4) is 0 Å². The zero-order valence-electron chi connectivity index (χ0n) is 24.4. The van der Waals surface area contributed by atoms with Gasteiger partial charge in [-0.15, -0.1) is 0 Å². The lowest BCUT2D eigenvalue weighted by atomic mass is 9.53. The van der Waals surface area contributed by atoms with Gasteiger partial charge in [0.05, 0.1) is 11.5 Å². The van der Waals surface area contributed by atoms with Crippen LogP contribution in [0.1, 0.15) is 61.8 Å². The van der Waals surface area contributed by atoms with E-state index in [1.807, 2.05) is 0 Å². The average Bonchev–Trinajstić information content (AvgIpc) is 3.42. The lowest BCUT2D eigenvalue weighted by Gasteiger charge is -2.57. The number of rotatable bonds is 4. The van der Waals surface area contributed by atoms with E-state index < -0.39 is 101 Å². The fourth-order valence-electron chi connectivity index (χ4n) is 7.31. The van der Waals surface area contributed by atoms with Gasteiger partial charge < -0.3 is 38.6 Å². The fraction of sp³-hybridized carbons (Fsp3) is 0.750. The summed E-state index contributed by atoms with van der Waals surface area (Å²) in [6, 6.07) is 0. The molecule has 4 rings (SSSR count). The van der Waals surface area contributed by atoms with E-state index in [0.717, 1.165) is 20.8 Å². The van der Waals surface area contributed by atoms with Gasteiger partial charge in [-0.2, -0.15) is 0 Å². The first-order chi connectivity index (χ1) is 18.9. The number of esters is 5. The van der Waals surface area contributed by atoms with Crippen molar-refractivity contribution in [3.8, 4) is 0 Å². The molecule has 13 heteroatoms. The third-order valence-corrected chi connectivity index (χ3v) is 9.20. The SMILES string of the molecule is CC(=O)OC1C[C@H](O)[C@H](C)C2[C@H](OC(C)=O)C34O[C@]3(C)C(=O)OC4C(O)/C(C)=C/[C@H](OC(C)=O)[C@H](OC(C)=O)[C@@]12C. The van der Waals surface area contributed by atoms with Gasteiger partial charge >= 0.3 is 29.8 Å². The van der Waals surface area contributed by atoms with Gasteiger partial charge in [0.15, 0.2) is 29.5 Å². The first kappa shape index (κ1) is 30.9. The first-order valence-corrected chi connectivity index (χ1v) is 13.6. The Morgan fingerprint density at radius 1 is 0.902 bits per heavy atom. The number of aliphatic hydroxyl groups is 2. The van der Waals surface area contributed by atoms with E-state index in [2.05, 4.69) is 0 Å². The van der Waals surface area contributed by atoms with Crippen molar-refractivity contribution in [2.24, 2.45) is 17.3 Å². The van der Waals surface area contributed by atoms with Crippen LogP contribution in [0, 0.1) is 17.3 Å². The smallest absolute Gasteiger partial charge is 0.342 e. The molecule has 0 radical (unpaired) electrons. The van der Waals surface area contributed by atoms with Crippen molar-refractivity contribution in [2.75, 3.05) is 0 Å². The van der Waals surface area contributed by atoms with Crippen LogP contribution in [0.15, 0.2) is 11.6 Å². The molecule has 0 aromatic heterocycles. The van der Waals surface area contributed by atoms with Gasteiger partial charge in [-0.3, -0.25) is 19.2 Å². The Kier molecular flexibility index (Phi) is 7.81. The molecule has 0 aromatic rings. The van der Waals surface area contributed by atoms with Crippen molar-refractivity contribution in [1.82, 2.24) is 0 Å². The Bertz CT molecular complexity index is 1180. The van der Waals surface area contributed by atoms with Crippen LogP contribution in [-0.4, -0.2) is 94.0 Å².